The molecule has 6 heteroatoms. The lowest BCUT2D eigenvalue weighted by Crippen LogP contribution is -2.32. The van der Waals surface area contributed by atoms with Crippen LogP contribution < -0.4 is 0 Å². The zero-order valence-corrected chi connectivity index (χ0v) is 14.5. The predicted octanol–water partition coefficient (Wildman–Crippen LogP) is 4.24. The fraction of sp³-hybridized carbons (Fsp3) is 0.444. The van der Waals surface area contributed by atoms with Gasteiger partial charge in [-0.05, 0) is 45.6 Å². The van der Waals surface area contributed by atoms with E-state index in [1.54, 1.807) is 0 Å². The summed E-state index contributed by atoms with van der Waals surface area (Å²) in [5.74, 6) is -1.44. The number of imide groups is 1. The molecule has 4 nitrogen and oxygen atoms in total. The molecule has 0 saturated heterocycles. The molecular formula is C18H19ClFNO3. The Morgan fingerprint density at radius 3 is 2.33 bits per heavy atom. The molecule has 128 valence electrons. The first-order valence-corrected chi connectivity index (χ1v) is 8.49. The Morgan fingerprint density at radius 2 is 1.79 bits per heavy atom. The minimum Gasteiger partial charge on any atom is -0.498 e. The topological polar surface area (TPSA) is 46.6 Å². The maximum atomic E-state index is 14.4. The molecule has 0 unspecified atom stereocenters. The molecule has 0 atom stereocenters. The van der Waals surface area contributed by atoms with Crippen molar-refractivity contribution in [2.24, 2.45) is 0 Å². The Balaban J connectivity index is 1.92. The monoisotopic (exact) mass is 351 g/mol. The summed E-state index contributed by atoms with van der Waals surface area (Å²) in [6.45, 7) is 3.72. The van der Waals surface area contributed by atoms with Crippen LogP contribution in [0.3, 0.4) is 0 Å². The van der Waals surface area contributed by atoms with Gasteiger partial charge in [-0.2, -0.15) is 0 Å². The van der Waals surface area contributed by atoms with Crippen LogP contribution in [-0.4, -0.2) is 22.8 Å². The highest BCUT2D eigenvalue weighted by molar-refractivity contribution is 6.32. The zero-order valence-electron chi connectivity index (χ0n) is 13.7. The quantitative estimate of drug-likeness (QED) is 0.564. The van der Waals surface area contributed by atoms with Crippen molar-refractivity contribution in [3.05, 3.63) is 45.6 Å². The first kappa shape index (κ1) is 17.0. The van der Waals surface area contributed by atoms with Crippen molar-refractivity contribution in [2.45, 2.75) is 52.1 Å². The molecule has 0 aromatic heterocycles. The Kier molecular flexibility index (Phi) is 4.63. The number of carbonyl (C=O) groups excluding carboxylic acids is 2. The molecule has 1 aliphatic heterocycles. The van der Waals surface area contributed by atoms with Gasteiger partial charge in [-0.3, -0.25) is 9.59 Å². The third-order valence-electron chi connectivity index (χ3n) is 4.34. The Hall–Kier alpha value is -1.88. The molecule has 0 N–H and O–H groups in total. The van der Waals surface area contributed by atoms with E-state index in [9.17, 15) is 14.0 Å². The number of halogens is 2. The molecule has 0 fully saturated rings. The standard InChI is InChI=1S/C18H19ClFNO3/c1-10(2)24-9-11-7-16(15(20)8-14(11)19)21-17(22)12-5-3-4-6-13(12)18(21)23/h8-10H,3-7H2,1-2H3. The van der Waals surface area contributed by atoms with E-state index in [0.29, 0.717) is 29.6 Å². The second-order valence-corrected chi connectivity index (χ2v) is 6.81. The van der Waals surface area contributed by atoms with E-state index in [4.69, 9.17) is 16.3 Å². The van der Waals surface area contributed by atoms with Crippen LogP contribution in [-0.2, 0) is 14.3 Å². The van der Waals surface area contributed by atoms with Crippen molar-refractivity contribution >= 4 is 23.4 Å². The van der Waals surface area contributed by atoms with Crippen molar-refractivity contribution in [3.63, 3.8) is 0 Å². The Bertz CT molecular complexity index is 703. The maximum absolute atomic E-state index is 14.4. The van der Waals surface area contributed by atoms with Crippen LogP contribution in [0.5, 0.6) is 0 Å². The fourth-order valence-electron chi connectivity index (χ4n) is 3.12. The van der Waals surface area contributed by atoms with Crippen molar-refractivity contribution in [1.82, 2.24) is 4.90 Å². The second kappa shape index (κ2) is 6.55. The van der Waals surface area contributed by atoms with Crippen molar-refractivity contribution in [1.29, 1.82) is 0 Å². The minimum absolute atomic E-state index is 0.0439. The van der Waals surface area contributed by atoms with Gasteiger partial charge in [-0.15, -0.1) is 0 Å². The van der Waals surface area contributed by atoms with Crippen molar-refractivity contribution in [3.8, 4) is 0 Å². The molecule has 0 aromatic rings. The summed E-state index contributed by atoms with van der Waals surface area (Å²) in [6.07, 6.45) is 5.53. The molecule has 1 heterocycles. The van der Waals surface area contributed by atoms with Gasteiger partial charge >= 0.3 is 0 Å². The predicted molar refractivity (Wildman–Crippen MR) is 88.3 cm³/mol. The Labute approximate surface area is 145 Å². The molecule has 0 bridgehead atoms. The molecular weight excluding hydrogens is 333 g/mol. The molecule has 3 rings (SSSR count). The number of amides is 2. The fourth-order valence-corrected chi connectivity index (χ4v) is 3.33. The van der Waals surface area contributed by atoms with Crippen LogP contribution in [0.15, 0.2) is 45.6 Å². The normalized spacial score (nSPS) is 23.5. The molecule has 2 amide bonds. The summed E-state index contributed by atoms with van der Waals surface area (Å²) in [5.41, 5.74) is 1.67. The second-order valence-electron chi connectivity index (χ2n) is 6.40. The number of hydrogen-bond acceptors (Lipinski definition) is 3. The van der Waals surface area contributed by atoms with Crippen LogP contribution in [0, 0.1) is 0 Å². The van der Waals surface area contributed by atoms with Crippen molar-refractivity contribution in [2.75, 3.05) is 0 Å². The highest BCUT2D eigenvalue weighted by Crippen LogP contribution is 2.40. The number of ether oxygens (including phenoxy) is 1. The van der Waals surface area contributed by atoms with Gasteiger partial charge in [-0.1, -0.05) is 11.6 Å². The van der Waals surface area contributed by atoms with Gasteiger partial charge < -0.3 is 4.74 Å². The first-order chi connectivity index (χ1) is 11.4. The van der Waals surface area contributed by atoms with Gasteiger partial charge in [-0.25, -0.2) is 9.29 Å². The Morgan fingerprint density at radius 1 is 1.21 bits per heavy atom. The summed E-state index contributed by atoms with van der Waals surface area (Å²) in [5, 5.41) is 0.216. The van der Waals surface area contributed by atoms with Gasteiger partial charge in [0.25, 0.3) is 11.8 Å². The SMILES string of the molecule is CC(C)OC=C1CC(N2C(=O)C3=C(CCCC3)C2=O)=C(F)C=C1Cl. The molecule has 2 aliphatic carbocycles. The molecule has 0 spiro atoms. The lowest BCUT2D eigenvalue weighted by Gasteiger charge is -2.23. The maximum Gasteiger partial charge on any atom is 0.261 e. The smallest absolute Gasteiger partial charge is 0.261 e. The van der Waals surface area contributed by atoms with Gasteiger partial charge in [0.15, 0.2) is 0 Å². The van der Waals surface area contributed by atoms with E-state index in [-0.39, 0.29) is 23.3 Å². The molecule has 0 radical (unpaired) electrons. The summed E-state index contributed by atoms with van der Waals surface area (Å²) < 4.78 is 19.8. The zero-order chi connectivity index (χ0) is 17.4. The third kappa shape index (κ3) is 2.93. The van der Waals surface area contributed by atoms with Gasteiger partial charge in [0, 0.05) is 23.1 Å². The lowest BCUT2D eigenvalue weighted by atomic mass is 9.93. The van der Waals surface area contributed by atoms with E-state index < -0.39 is 17.6 Å². The summed E-state index contributed by atoms with van der Waals surface area (Å²) in [6, 6.07) is 0. The summed E-state index contributed by atoms with van der Waals surface area (Å²) >= 11 is 6.07. The number of allylic oxidation sites excluding steroid dienone is 4. The number of rotatable bonds is 3. The van der Waals surface area contributed by atoms with Crippen LogP contribution in [0.4, 0.5) is 4.39 Å². The van der Waals surface area contributed by atoms with E-state index in [1.807, 2.05) is 13.8 Å². The number of hydrogen-bond donors (Lipinski definition) is 0. The van der Waals surface area contributed by atoms with E-state index >= 15 is 0 Å². The molecule has 24 heavy (non-hydrogen) atoms. The average molecular weight is 352 g/mol. The third-order valence-corrected chi connectivity index (χ3v) is 4.69. The summed E-state index contributed by atoms with van der Waals surface area (Å²) in [7, 11) is 0. The minimum atomic E-state index is -0.650. The average Bonchev–Trinajstić information content (AvgIpc) is 2.79. The molecule has 0 aromatic carbocycles. The molecule has 0 saturated carbocycles. The molecule has 3 aliphatic rings. The number of carbonyl (C=O) groups is 2. The lowest BCUT2D eigenvalue weighted by molar-refractivity contribution is -0.135. The van der Waals surface area contributed by atoms with E-state index in [2.05, 4.69) is 0 Å². The van der Waals surface area contributed by atoms with Gasteiger partial charge in [0.05, 0.1) is 23.1 Å². The largest absolute Gasteiger partial charge is 0.498 e. The van der Waals surface area contributed by atoms with Crippen LogP contribution >= 0.6 is 11.6 Å². The summed E-state index contributed by atoms with van der Waals surface area (Å²) in [4.78, 5) is 26.2. The van der Waals surface area contributed by atoms with Crippen LogP contribution in [0.1, 0.15) is 46.0 Å². The highest BCUT2D eigenvalue weighted by Gasteiger charge is 2.42. The van der Waals surface area contributed by atoms with Gasteiger partial charge in [0.1, 0.15) is 5.83 Å². The van der Waals surface area contributed by atoms with Crippen LogP contribution in [0.2, 0.25) is 0 Å². The van der Waals surface area contributed by atoms with Crippen LogP contribution in [0.25, 0.3) is 0 Å². The first-order valence-electron chi connectivity index (χ1n) is 8.11. The highest BCUT2D eigenvalue weighted by atomic mass is 35.5. The van der Waals surface area contributed by atoms with Crippen molar-refractivity contribution < 1.29 is 18.7 Å². The van der Waals surface area contributed by atoms with Gasteiger partial charge in [0.2, 0.25) is 0 Å². The van der Waals surface area contributed by atoms with E-state index in [1.165, 1.54) is 6.26 Å². The number of nitrogens with zero attached hydrogens (tertiary/aromatic N) is 1. The van der Waals surface area contributed by atoms with E-state index in [0.717, 1.165) is 23.8 Å².